The predicted molar refractivity (Wildman–Crippen MR) is 91.7 cm³/mol. The van der Waals surface area contributed by atoms with E-state index in [1.54, 1.807) is 12.1 Å². The average Bonchev–Trinajstić information content (AvgIpc) is 3.16. The molecule has 1 N–H and O–H groups in total. The molecule has 2 heterocycles. The van der Waals surface area contributed by atoms with Gasteiger partial charge in [0.05, 0.1) is 6.26 Å². The van der Waals surface area contributed by atoms with Crippen LogP contribution in [0.5, 0.6) is 5.75 Å². The third-order valence-electron chi connectivity index (χ3n) is 3.95. The molecular weight excluding hydrogens is 320 g/mol. The van der Waals surface area contributed by atoms with Gasteiger partial charge in [0.1, 0.15) is 11.3 Å². The highest BCUT2D eigenvalue weighted by molar-refractivity contribution is 6.17. The van der Waals surface area contributed by atoms with Crippen LogP contribution in [0.4, 0.5) is 0 Å². The summed E-state index contributed by atoms with van der Waals surface area (Å²) in [5.41, 5.74) is 0.767. The van der Waals surface area contributed by atoms with Crippen LogP contribution >= 0.6 is 0 Å². The van der Waals surface area contributed by atoms with E-state index in [-0.39, 0.29) is 22.7 Å². The molecule has 0 aliphatic heterocycles. The first-order valence-electron chi connectivity index (χ1n) is 7.58. The Morgan fingerprint density at radius 3 is 2.48 bits per heavy atom. The second-order valence-electron chi connectivity index (χ2n) is 5.49. The lowest BCUT2D eigenvalue weighted by atomic mass is 9.98. The molecule has 2 aromatic carbocycles. The van der Waals surface area contributed by atoms with Crippen molar-refractivity contribution in [2.45, 2.75) is 0 Å². The Hall–Kier alpha value is -3.60. The normalized spacial score (nSPS) is 10.9. The van der Waals surface area contributed by atoms with E-state index < -0.39 is 11.4 Å². The average molecular weight is 332 g/mol. The molecule has 0 aliphatic carbocycles. The molecule has 2 aromatic heterocycles. The zero-order valence-electron chi connectivity index (χ0n) is 12.9. The maximum absolute atomic E-state index is 12.7. The third kappa shape index (κ3) is 2.52. The quantitative estimate of drug-likeness (QED) is 0.453. The highest BCUT2D eigenvalue weighted by Gasteiger charge is 2.23. The first-order valence-corrected chi connectivity index (χ1v) is 7.58. The molecule has 4 aromatic rings. The summed E-state index contributed by atoms with van der Waals surface area (Å²) in [6.07, 6.45) is 1.36. The fourth-order valence-corrected chi connectivity index (χ4v) is 2.82. The van der Waals surface area contributed by atoms with Crippen molar-refractivity contribution in [1.82, 2.24) is 0 Å². The zero-order valence-corrected chi connectivity index (χ0v) is 12.9. The van der Waals surface area contributed by atoms with Gasteiger partial charge in [-0.05, 0) is 35.4 Å². The number of rotatable bonds is 3. The van der Waals surface area contributed by atoms with Crippen LogP contribution in [0.15, 0.2) is 80.6 Å². The highest BCUT2D eigenvalue weighted by Crippen LogP contribution is 2.34. The maximum Gasteiger partial charge on any atom is 0.336 e. The lowest BCUT2D eigenvalue weighted by Crippen LogP contribution is -2.05. The van der Waals surface area contributed by atoms with Gasteiger partial charge in [0, 0.05) is 11.5 Å². The monoisotopic (exact) mass is 332 g/mol. The SMILES string of the molecule is O=C(c1ccco1)c1c(O)ccc2c(-c3ccccc3)cc(=O)oc12. The number of carbonyl (C=O) groups excluding carboxylic acids is 1. The van der Waals surface area contributed by atoms with Crippen LogP contribution in [-0.2, 0) is 0 Å². The fraction of sp³-hybridized carbons (Fsp3) is 0. The molecule has 0 radical (unpaired) electrons. The first-order chi connectivity index (χ1) is 12.1. The van der Waals surface area contributed by atoms with Crippen molar-refractivity contribution in [1.29, 1.82) is 0 Å². The Balaban J connectivity index is 2.05. The molecule has 4 rings (SSSR count). The van der Waals surface area contributed by atoms with Crippen molar-refractivity contribution in [2.24, 2.45) is 0 Å². The van der Waals surface area contributed by atoms with E-state index in [4.69, 9.17) is 8.83 Å². The summed E-state index contributed by atoms with van der Waals surface area (Å²) in [4.78, 5) is 24.8. The van der Waals surface area contributed by atoms with Gasteiger partial charge >= 0.3 is 5.63 Å². The molecule has 0 saturated heterocycles. The van der Waals surface area contributed by atoms with Crippen molar-refractivity contribution in [3.63, 3.8) is 0 Å². The fourth-order valence-electron chi connectivity index (χ4n) is 2.82. The minimum Gasteiger partial charge on any atom is -0.507 e. The number of hydrogen-bond acceptors (Lipinski definition) is 5. The minimum absolute atomic E-state index is 0.0350. The lowest BCUT2D eigenvalue weighted by Gasteiger charge is -2.09. The summed E-state index contributed by atoms with van der Waals surface area (Å²) in [5.74, 6) is -0.778. The van der Waals surface area contributed by atoms with Crippen LogP contribution in [0.2, 0.25) is 0 Å². The molecule has 0 aliphatic rings. The smallest absolute Gasteiger partial charge is 0.336 e. The standard InChI is InChI=1S/C20H12O5/c21-15-9-8-13-14(12-5-2-1-3-6-12)11-17(22)25-20(13)18(15)19(23)16-7-4-10-24-16/h1-11,21H. The first kappa shape index (κ1) is 15.0. The van der Waals surface area contributed by atoms with Crippen molar-refractivity contribution >= 4 is 16.8 Å². The van der Waals surface area contributed by atoms with Crippen molar-refractivity contribution in [2.75, 3.05) is 0 Å². The molecule has 0 saturated carbocycles. The molecule has 0 unspecified atom stereocenters. The molecule has 0 fully saturated rings. The van der Waals surface area contributed by atoms with Gasteiger partial charge in [0.2, 0.25) is 5.78 Å². The van der Waals surface area contributed by atoms with Crippen LogP contribution in [0, 0.1) is 0 Å². The van der Waals surface area contributed by atoms with Crippen molar-refractivity contribution in [3.8, 4) is 16.9 Å². The number of ketones is 1. The topological polar surface area (TPSA) is 80.6 Å². The number of hydrogen-bond donors (Lipinski definition) is 1. The number of fused-ring (bicyclic) bond motifs is 1. The van der Waals surface area contributed by atoms with Gasteiger partial charge in [-0.2, -0.15) is 0 Å². The van der Waals surface area contributed by atoms with E-state index >= 15 is 0 Å². The Kier molecular flexibility index (Phi) is 3.47. The predicted octanol–water partition coefficient (Wildman–Crippen LogP) is 3.99. The van der Waals surface area contributed by atoms with Crippen molar-refractivity contribution in [3.05, 3.63) is 88.7 Å². The van der Waals surface area contributed by atoms with Gasteiger partial charge < -0.3 is 13.9 Å². The Morgan fingerprint density at radius 1 is 0.960 bits per heavy atom. The number of phenols is 1. The molecule has 5 nitrogen and oxygen atoms in total. The number of aromatic hydroxyl groups is 1. The van der Waals surface area contributed by atoms with E-state index in [9.17, 15) is 14.7 Å². The summed E-state index contributed by atoms with van der Waals surface area (Å²) in [6, 6.07) is 16.7. The van der Waals surface area contributed by atoms with Crippen LogP contribution in [0.1, 0.15) is 16.1 Å². The van der Waals surface area contributed by atoms with E-state index in [1.807, 2.05) is 30.3 Å². The van der Waals surface area contributed by atoms with Gasteiger partial charge in [0.15, 0.2) is 11.3 Å². The largest absolute Gasteiger partial charge is 0.507 e. The van der Waals surface area contributed by atoms with Crippen LogP contribution < -0.4 is 5.63 Å². The number of phenolic OH excluding ortho intramolecular Hbond substituents is 1. The lowest BCUT2D eigenvalue weighted by molar-refractivity contribution is 0.101. The molecule has 122 valence electrons. The van der Waals surface area contributed by atoms with Gasteiger partial charge in [-0.3, -0.25) is 4.79 Å². The van der Waals surface area contributed by atoms with E-state index in [2.05, 4.69) is 0 Å². The van der Waals surface area contributed by atoms with Crippen molar-refractivity contribution < 1.29 is 18.7 Å². The van der Waals surface area contributed by atoms with Crippen LogP contribution in [-0.4, -0.2) is 10.9 Å². The zero-order chi connectivity index (χ0) is 17.4. The van der Waals surface area contributed by atoms with E-state index in [0.717, 1.165) is 5.56 Å². The summed E-state index contributed by atoms with van der Waals surface area (Å²) < 4.78 is 10.4. The molecule has 0 bridgehead atoms. The summed E-state index contributed by atoms with van der Waals surface area (Å²) in [7, 11) is 0. The summed E-state index contributed by atoms with van der Waals surface area (Å²) >= 11 is 0. The number of carbonyl (C=O) groups is 1. The molecule has 5 heteroatoms. The Bertz CT molecular complexity index is 1120. The summed E-state index contributed by atoms with van der Waals surface area (Å²) in [6.45, 7) is 0. The van der Waals surface area contributed by atoms with Crippen LogP contribution in [0.3, 0.4) is 0 Å². The second-order valence-corrected chi connectivity index (χ2v) is 5.49. The van der Waals surface area contributed by atoms with Crippen LogP contribution in [0.25, 0.3) is 22.1 Å². The molecule has 0 amide bonds. The Labute approximate surface area is 141 Å². The summed E-state index contributed by atoms with van der Waals surface area (Å²) in [5, 5.41) is 10.8. The highest BCUT2D eigenvalue weighted by atomic mass is 16.4. The molecule has 0 atom stereocenters. The van der Waals surface area contributed by atoms with E-state index in [1.165, 1.54) is 24.5 Å². The van der Waals surface area contributed by atoms with Gasteiger partial charge in [-0.15, -0.1) is 0 Å². The molecule has 25 heavy (non-hydrogen) atoms. The molecular formula is C20H12O5. The number of benzene rings is 2. The van der Waals surface area contributed by atoms with E-state index in [0.29, 0.717) is 10.9 Å². The maximum atomic E-state index is 12.7. The van der Waals surface area contributed by atoms with Gasteiger partial charge in [-0.1, -0.05) is 30.3 Å². The van der Waals surface area contributed by atoms with Gasteiger partial charge in [-0.25, -0.2) is 4.79 Å². The van der Waals surface area contributed by atoms with Gasteiger partial charge in [0.25, 0.3) is 0 Å². The Morgan fingerprint density at radius 2 is 1.76 bits per heavy atom. The third-order valence-corrected chi connectivity index (χ3v) is 3.95. The molecule has 0 spiro atoms. The second kappa shape index (κ2) is 5.79. The number of furan rings is 1. The minimum atomic E-state index is -0.606.